The molecule has 0 fully saturated rings. The Labute approximate surface area is 107 Å². The van der Waals surface area contributed by atoms with Crippen LogP contribution in [0.2, 0.25) is 0 Å². The van der Waals surface area contributed by atoms with Crippen LogP contribution in [0.15, 0.2) is 40.5 Å². The van der Waals surface area contributed by atoms with Crippen molar-refractivity contribution in [3.63, 3.8) is 0 Å². The Morgan fingerprint density at radius 2 is 2.00 bits per heavy atom. The summed E-state index contributed by atoms with van der Waals surface area (Å²) in [6.07, 6.45) is 0.892. The van der Waals surface area contributed by atoms with Gasteiger partial charge in [-0.05, 0) is 31.2 Å². The van der Waals surface area contributed by atoms with E-state index in [2.05, 4.69) is 21.2 Å². The highest BCUT2D eigenvalue weighted by atomic mass is 79.9. The van der Waals surface area contributed by atoms with Crippen LogP contribution in [0.25, 0.3) is 0 Å². The number of cyclic esters (lactones) is 1. The van der Waals surface area contributed by atoms with E-state index in [1.165, 1.54) is 6.08 Å². The van der Waals surface area contributed by atoms with Crippen molar-refractivity contribution in [3.05, 3.63) is 46.1 Å². The number of hydrogen-bond acceptors (Lipinski definition) is 3. The Morgan fingerprint density at radius 1 is 1.35 bits per heavy atom. The lowest BCUT2D eigenvalue weighted by Gasteiger charge is -2.10. The molecule has 1 amide bonds. The Hall–Kier alpha value is -1.62. The number of rotatable bonds is 2. The second kappa shape index (κ2) is 4.71. The van der Waals surface area contributed by atoms with Crippen molar-refractivity contribution in [2.45, 2.75) is 13.0 Å². The van der Waals surface area contributed by atoms with Gasteiger partial charge < -0.3 is 10.1 Å². The summed E-state index contributed by atoms with van der Waals surface area (Å²) in [6.45, 7) is 1.71. The third-order valence-electron chi connectivity index (χ3n) is 2.37. The highest BCUT2D eigenvalue weighted by Crippen LogP contribution is 2.14. The zero-order chi connectivity index (χ0) is 12.4. The van der Waals surface area contributed by atoms with Crippen molar-refractivity contribution in [1.29, 1.82) is 0 Å². The summed E-state index contributed by atoms with van der Waals surface area (Å²) in [4.78, 5) is 22.8. The van der Waals surface area contributed by atoms with Crippen LogP contribution in [0.1, 0.15) is 17.3 Å². The highest BCUT2D eigenvalue weighted by molar-refractivity contribution is 9.10. The molecule has 1 heterocycles. The number of esters is 1. The van der Waals surface area contributed by atoms with Crippen LogP contribution in [0.5, 0.6) is 0 Å². The molecule has 1 aromatic carbocycles. The van der Waals surface area contributed by atoms with Crippen molar-refractivity contribution in [1.82, 2.24) is 5.32 Å². The molecule has 1 N–H and O–H groups in total. The molecule has 0 saturated carbocycles. The normalized spacial score (nSPS) is 18.6. The molecule has 1 aromatic rings. The monoisotopic (exact) mass is 295 g/mol. The smallest absolute Gasteiger partial charge is 0.333 e. The van der Waals surface area contributed by atoms with Crippen molar-refractivity contribution in [2.75, 3.05) is 0 Å². The standard InChI is InChI=1S/C12H10BrNO3/c1-7-10(6-11(15)17-7)14-12(16)8-2-4-9(13)5-3-8/h2-7H,1H3,(H,14,16). The van der Waals surface area contributed by atoms with E-state index in [9.17, 15) is 9.59 Å². The van der Waals surface area contributed by atoms with Crippen LogP contribution in [0.3, 0.4) is 0 Å². The summed E-state index contributed by atoms with van der Waals surface area (Å²) in [5, 5.41) is 2.66. The molecular weight excluding hydrogens is 286 g/mol. The number of benzene rings is 1. The van der Waals surface area contributed by atoms with E-state index >= 15 is 0 Å². The fourth-order valence-electron chi connectivity index (χ4n) is 1.46. The number of amides is 1. The number of carbonyl (C=O) groups is 2. The van der Waals surface area contributed by atoms with Crippen molar-refractivity contribution < 1.29 is 14.3 Å². The van der Waals surface area contributed by atoms with E-state index in [4.69, 9.17) is 4.74 Å². The third-order valence-corrected chi connectivity index (χ3v) is 2.90. The van der Waals surface area contributed by atoms with Gasteiger partial charge in [0.1, 0.15) is 6.10 Å². The topological polar surface area (TPSA) is 55.4 Å². The van der Waals surface area contributed by atoms with Crippen LogP contribution in [-0.2, 0) is 9.53 Å². The first kappa shape index (κ1) is 11.9. The Kier molecular flexibility index (Phi) is 3.28. The molecule has 0 radical (unpaired) electrons. The lowest BCUT2D eigenvalue weighted by Crippen LogP contribution is -2.27. The van der Waals surface area contributed by atoms with E-state index in [1.807, 2.05) is 0 Å². The molecule has 5 heteroatoms. The number of ether oxygens (including phenoxy) is 1. The van der Waals surface area contributed by atoms with Gasteiger partial charge in [0.15, 0.2) is 0 Å². The summed E-state index contributed by atoms with van der Waals surface area (Å²) < 4.78 is 5.78. The second-order valence-corrected chi connectivity index (χ2v) is 4.56. The molecule has 17 heavy (non-hydrogen) atoms. The molecule has 0 bridgehead atoms. The lowest BCUT2D eigenvalue weighted by molar-refractivity contribution is -0.138. The largest absolute Gasteiger partial charge is 0.453 e. The van der Waals surface area contributed by atoms with Crippen LogP contribution >= 0.6 is 15.9 Å². The second-order valence-electron chi connectivity index (χ2n) is 3.64. The molecule has 1 atom stereocenters. The Morgan fingerprint density at radius 3 is 2.53 bits per heavy atom. The first-order valence-corrected chi connectivity index (χ1v) is 5.84. The van der Waals surface area contributed by atoms with Gasteiger partial charge >= 0.3 is 5.97 Å². The Balaban J connectivity index is 2.10. The minimum Gasteiger partial charge on any atom is -0.453 e. The molecule has 1 aliphatic heterocycles. The summed E-state index contributed by atoms with van der Waals surface area (Å²) in [7, 11) is 0. The summed E-state index contributed by atoms with van der Waals surface area (Å²) >= 11 is 3.29. The third kappa shape index (κ3) is 2.74. The van der Waals surface area contributed by atoms with Crippen LogP contribution < -0.4 is 5.32 Å². The summed E-state index contributed by atoms with van der Waals surface area (Å²) in [5.41, 5.74) is 1.02. The van der Waals surface area contributed by atoms with Gasteiger partial charge in [-0.1, -0.05) is 15.9 Å². The maximum atomic E-state index is 11.8. The van der Waals surface area contributed by atoms with Crippen molar-refractivity contribution >= 4 is 27.8 Å². The number of carbonyl (C=O) groups excluding carboxylic acids is 2. The molecule has 0 spiro atoms. The average molecular weight is 296 g/mol. The van der Waals surface area contributed by atoms with Gasteiger partial charge in [-0.3, -0.25) is 4.79 Å². The summed E-state index contributed by atoms with van der Waals surface area (Å²) in [5.74, 6) is -0.683. The predicted molar refractivity (Wildman–Crippen MR) is 65.2 cm³/mol. The van der Waals surface area contributed by atoms with Crippen molar-refractivity contribution in [2.24, 2.45) is 0 Å². The highest BCUT2D eigenvalue weighted by Gasteiger charge is 2.23. The first-order valence-electron chi connectivity index (χ1n) is 5.05. The molecule has 0 saturated heterocycles. The molecule has 1 unspecified atom stereocenters. The van der Waals surface area contributed by atoms with Crippen LogP contribution in [-0.4, -0.2) is 18.0 Å². The van der Waals surface area contributed by atoms with E-state index in [1.54, 1.807) is 31.2 Å². The SMILES string of the molecule is CC1OC(=O)C=C1NC(=O)c1ccc(Br)cc1. The predicted octanol–water partition coefficient (Wildman–Crippen LogP) is 2.01. The van der Waals surface area contributed by atoms with Crippen LogP contribution in [0, 0.1) is 0 Å². The number of nitrogens with one attached hydrogen (secondary N) is 1. The van der Waals surface area contributed by atoms with Gasteiger partial charge in [0.05, 0.1) is 5.70 Å². The van der Waals surface area contributed by atoms with Gasteiger partial charge in [-0.15, -0.1) is 0 Å². The maximum Gasteiger partial charge on any atom is 0.333 e. The van der Waals surface area contributed by atoms with E-state index in [0.29, 0.717) is 11.3 Å². The van der Waals surface area contributed by atoms with Crippen molar-refractivity contribution in [3.8, 4) is 0 Å². The molecule has 1 aliphatic rings. The quantitative estimate of drug-likeness (QED) is 0.849. The lowest BCUT2D eigenvalue weighted by atomic mass is 10.2. The fraction of sp³-hybridized carbons (Fsp3) is 0.167. The molecule has 88 valence electrons. The molecule has 0 aliphatic carbocycles. The zero-order valence-corrected chi connectivity index (χ0v) is 10.7. The first-order chi connectivity index (χ1) is 8.06. The van der Waals surface area contributed by atoms with E-state index in [-0.39, 0.29) is 5.91 Å². The number of hydrogen-bond donors (Lipinski definition) is 1. The Bertz CT molecular complexity index is 493. The molecule has 2 rings (SSSR count). The fourth-order valence-corrected chi connectivity index (χ4v) is 1.72. The molecule has 4 nitrogen and oxygen atoms in total. The molecule has 0 aromatic heterocycles. The van der Waals surface area contributed by atoms with Crippen LogP contribution in [0.4, 0.5) is 0 Å². The van der Waals surface area contributed by atoms with Gasteiger partial charge in [-0.25, -0.2) is 4.79 Å². The minimum atomic E-state index is -0.427. The minimum absolute atomic E-state index is 0.256. The number of halogens is 1. The maximum absolute atomic E-state index is 11.8. The van der Waals surface area contributed by atoms with Gasteiger partial charge in [-0.2, -0.15) is 0 Å². The average Bonchev–Trinajstić information content (AvgIpc) is 2.58. The zero-order valence-electron chi connectivity index (χ0n) is 9.07. The van der Waals surface area contributed by atoms with Gasteiger partial charge in [0, 0.05) is 16.1 Å². The summed E-state index contributed by atoms with van der Waals surface area (Å²) in [6, 6.07) is 6.95. The van der Waals surface area contributed by atoms with Gasteiger partial charge in [0.25, 0.3) is 5.91 Å². The van der Waals surface area contributed by atoms with Gasteiger partial charge in [0.2, 0.25) is 0 Å². The molecular formula is C12H10BrNO3. The van der Waals surface area contributed by atoms with E-state index in [0.717, 1.165) is 4.47 Å². The van der Waals surface area contributed by atoms with E-state index < -0.39 is 12.1 Å².